The van der Waals surface area contributed by atoms with Gasteiger partial charge in [0.05, 0.1) is 17.3 Å². The van der Waals surface area contributed by atoms with Gasteiger partial charge in [-0.3, -0.25) is 15.1 Å². The summed E-state index contributed by atoms with van der Waals surface area (Å²) in [6, 6.07) is 1.00. The van der Waals surface area contributed by atoms with Crippen LogP contribution in [0.2, 0.25) is 5.02 Å². The quantitative estimate of drug-likeness (QED) is 0.324. The first-order chi connectivity index (χ1) is 16.5. The number of carbonyl (C=O) groups is 2. The minimum Gasteiger partial charge on any atom is -0.507 e. The molecular weight excluding hydrogens is 460 g/mol. The van der Waals surface area contributed by atoms with Crippen molar-refractivity contribution in [3.05, 3.63) is 52.2 Å². The molecule has 0 saturated carbocycles. The van der Waals surface area contributed by atoms with Crippen molar-refractivity contribution >= 4 is 29.6 Å². The van der Waals surface area contributed by atoms with Crippen molar-refractivity contribution in [2.75, 3.05) is 26.3 Å². The topological polar surface area (TPSA) is 108 Å². The summed E-state index contributed by atoms with van der Waals surface area (Å²) in [4.78, 5) is 32.4. The number of ether oxygens (including phenoxy) is 1. The lowest BCUT2D eigenvalue weighted by Gasteiger charge is -2.26. The van der Waals surface area contributed by atoms with Gasteiger partial charge in [0.15, 0.2) is 6.61 Å². The largest absolute Gasteiger partial charge is 0.507 e. The van der Waals surface area contributed by atoms with Crippen molar-refractivity contribution < 1.29 is 29.4 Å². The van der Waals surface area contributed by atoms with Crippen molar-refractivity contribution in [3.8, 4) is 11.5 Å². The summed E-state index contributed by atoms with van der Waals surface area (Å²) in [6.07, 6.45) is 15.3. The molecule has 1 saturated heterocycles. The average Bonchev–Trinajstić information content (AvgIpc) is 2.83. The van der Waals surface area contributed by atoms with E-state index in [2.05, 4.69) is 11.6 Å². The van der Waals surface area contributed by atoms with E-state index in [1.807, 2.05) is 12.2 Å². The number of carbonyl (C=O) groups excluding carboxylic acids is 2. The molecule has 0 spiro atoms. The Morgan fingerprint density at radius 1 is 1.06 bits per heavy atom. The van der Waals surface area contributed by atoms with E-state index in [1.165, 1.54) is 6.08 Å². The number of allylic oxidation sites excluding steroid dienone is 4. The van der Waals surface area contributed by atoms with Crippen LogP contribution in [0.5, 0.6) is 11.5 Å². The standard InChI is InChI=1S/C25H31ClN2O6/c26-24-19-15-18(27-34-17-22(31)28-12-8-6-9-13-28)11-7-4-2-1-3-5-10-14-33-25(32)23(19)20(29)16-21(24)30/h1,3,7,11,15-16,27,29-30H,2,4-6,8-10,12-14,17H2/b3-1?,11-7?,18-15-. The van der Waals surface area contributed by atoms with E-state index in [0.29, 0.717) is 12.1 Å². The lowest BCUT2D eigenvalue weighted by Crippen LogP contribution is -2.39. The molecule has 9 heteroatoms. The summed E-state index contributed by atoms with van der Waals surface area (Å²) in [5.74, 6) is -1.70. The van der Waals surface area contributed by atoms with Gasteiger partial charge in [-0.05, 0) is 57.1 Å². The molecule has 1 amide bonds. The third-order valence-corrected chi connectivity index (χ3v) is 5.97. The molecule has 1 aromatic carbocycles. The number of likely N-dealkylation sites (tertiary alicyclic amines) is 1. The fraction of sp³-hybridized carbons (Fsp3) is 0.440. The molecule has 1 aromatic rings. The number of cyclic esters (lactones) is 1. The normalized spacial score (nSPS) is 19.3. The van der Waals surface area contributed by atoms with Crippen molar-refractivity contribution in [2.24, 2.45) is 0 Å². The first kappa shape index (κ1) is 25.6. The number of esters is 1. The molecule has 0 atom stereocenters. The summed E-state index contributed by atoms with van der Waals surface area (Å²) < 4.78 is 5.31. The predicted octanol–water partition coefficient (Wildman–Crippen LogP) is 4.47. The van der Waals surface area contributed by atoms with E-state index in [-0.39, 0.29) is 41.0 Å². The van der Waals surface area contributed by atoms with Gasteiger partial charge in [-0.25, -0.2) is 4.79 Å². The molecule has 2 aliphatic rings. The number of amides is 1. The first-order valence-corrected chi connectivity index (χ1v) is 12.0. The number of rotatable bonds is 4. The van der Waals surface area contributed by atoms with Crippen molar-refractivity contribution in [1.82, 2.24) is 10.4 Å². The van der Waals surface area contributed by atoms with E-state index in [4.69, 9.17) is 21.2 Å². The van der Waals surface area contributed by atoms with Crippen LogP contribution < -0.4 is 5.48 Å². The molecule has 0 aliphatic carbocycles. The second-order valence-electron chi connectivity index (χ2n) is 8.18. The minimum absolute atomic E-state index is 0.0790. The highest BCUT2D eigenvalue weighted by atomic mass is 35.5. The highest BCUT2D eigenvalue weighted by molar-refractivity contribution is 6.34. The SMILES string of the molecule is O=C1OCCCC=CCCC=C/C(NOCC(=O)N2CCCCC2)=C/c2c(Cl)c(O)cc(O)c21. The lowest BCUT2D eigenvalue weighted by atomic mass is 10.0. The van der Waals surface area contributed by atoms with Crippen LogP contribution in [0.15, 0.2) is 36.1 Å². The van der Waals surface area contributed by atoms with Crippen LogP contribution in [-0.4, -0.2) is 53.3 Å². The second kappa shape index (κ2) is 13.1. The van der Waals surface area contributed by atoms with Gasteiger partial charge in [0, 0.05) is 24.7 Å². The Balaban J connectivity index is 1.86. The lowest BCUT2D eigenvalue weighted by molar-refractivity contribution is -0.139. The minimum atomic E-state index is -0.756. The monoisotopic (exact) mass is 490 g/mol. The number of hydrogen-bond acceptors (Lipinski definition) is 7. The van der Waals surface area contributed by atoms with Crippen LogP contribution >= 0.6 is 11.6 Å². The maximum absolute atomic E-state index is 12.7. The number of phenols is 2. The van der Waals surface area contributed by atoms with Crippen molar-refractivity contribution in [3.63, 3.8) is 0 Å². The van der Waals surface area contributed by atoms with Crippen molar-refractivity contribution in [2.45, 2.75) is 44.9 Å². The Morgan fingerprint density at radius 3 is 2.59 bits per heavy atom. The molecule has 3 N–H and O–H groups in total. The van der Waals surface area contributed by atoms with Gasteiger partial charge in [-0.2, -0.15) is 0 Å². The maximum Gasteiger partial charge on any atom is 0.342 e. The highest BCUT2D eigenvalue weighted by Crippen LogP contribution is 2.38. The Hall–Kier alpha value is -2.97. The van der Waals surface area contributed by atoms with Gasteiger partial charge in [-0.1, -0.05) is 29.8 Å². The van der Waals surface area contributed by atoms with Gasteiger partial charge in [-0.15, -0.1) is 0 Å². The van der Waals surface area contributed by atoms with Crippen LogP contribution in [0.4, 0.5) is 0 Å². The molecule has 0 radical (unpaired) electrons. The zero-order valence-electron chi connectivity index (χ0n) is 19.1. The summed E-state index contributed by atoms with van der Waals surface area (Å²) in [7, 11) is 0. The van der Waals surface area contributed by atoms with E-state index < -0.39 is 11.7 Å². The zero-order valence-corrected chi connectivity index (χ0v) is 19.9. The maximum atomic E-state index is 12.7. The number of benzene rings is 1. The van der Waals surface area contributed by atoms with Gasteiger partial charge in [0.2, 0.25) is 0 Å². The van der Waals surface area contributed by atoms with Gasteiger partial charge >= 0.3 is 5.97 Å². The molecule has 2 heterocycles. The van der Waals surface area contributed by atoms with Gasteiger partial charge in [0.25, 0.3) is 5.91 Å². The van der Waals surface area contributed by atoms with E-state index >= 15 is 0 Å². The number of fused-ring (bicyclic) bond motifs is 1. The highest BCUT2D eigenvalue weighted by Gasteiger charge is 2.23. The smallest absolute Gasteiger partial charge is 0.342 e. The predicted molar refractivity (Wildman–Crippen MR) is 129 cm³/mol. The van der Waals surface area contributed by atoms with Crippen LogP contribution in [0.25, 0.3) is 6.08 Å². The second-order valence-corrected chi connectivity index (χ2v) is 8.56. The molecule has 0 bridgehead atoms. The fourth-order valence-electron chi connectivity index (χ4n) is 3.76. The Kier molecular flexibility index (Phi) is 9.85. The Morgan fingerprint density at radius 2 is 1.79 bits per heavy atom. The van der Waals surface area contributed by atoms with Gasteiger partial charge in [0.1, 0.15) is 17.1 Å². The Bertz CT molecular complexity index is 967. The fourth-order valence-corrected chi connectivity index (χ4v) is 3.96. The van der Waals surface area contributed by atoms with Crippen LogP contribution in [-0.2, 0) is 14.4 Å². The van der Waals surface area contributed by atoms with Gasteiger partial charge < -0.3 is 19.8 Å². The first-order valence-electron chi connectivity index (χ1n) is 11.6. The average molecular weight is 491 g/mol. The molecule has 34 heavy (non-hydrogen) atoms. The number of phenolic OH excluding ortho intramolecular Hbond substituents is 2. The molecule has 3 rings (SSSR count). The van der Waals surface area contributed by atoms with Crippen molar-refractivity contribution in [1.29, 1.82) is 0 Å². The van der Waals surface area contributed by atoms with Crippen LogP contribution in [0.3, 0.4) is 0 Å². The summed E-state index contributed by atoms with van der Waals surface area (Å²) in [5, 5.41) is 20.4. The number of nitrogens with one attached hydrogen (secondary N) is 1. The molecule has 2 aliphatic heterocycles. The summed E-state index contributed by atoms with van der Waals surface area (Å²) >= 11 is 6.30. The molecule has 1 fully saturated rings. The van der Waals surface area contributed by atoms with E-state index in [1.54, 1.807) is 11.0 Å². The third-order valence-electron chi connectivity index (χ3n) is 5.57. The molecule has 8 nitrogen and oxygen atoms in total. The summed E-state index contributed by atoms with van der Waals surface area (Å²) in [6.45, 7) is 1.46. The number of hydroxylamine groups is 1. The molecule has 0 unspecified atom stereocenters. The number of nitrogens with zero attached hydrogens (tertiary/aromatic N) is 1. The summed E-state index contributed by atoms with van der Waals surface area (Å²) in [5.41, 5.74) is 3.04. The molecular formula is C25H31ClN2O6. The number of aromatic hydroxyl groups is 2. The van der Waals surface area contributed by atoms with E-state index in [0.717, 1.165) is 57.7 Å². The number of hydrogen-bond donors (Lipinski definition) is 3. The molecule has 184 valence electrons. The van der Waals surface area contributed by atoms with Crippen LogP contribution in [0, 0.1) is 0 Å². The zero-order chi connectivity index (χ0) is 24.3. The third kappa shape index (κ3) is 7.27. The number of piperidine rings is 1. The molecule has 0 aromatic heterocycles. The van der Waals surface area contributed by atoms with Crippen LogP contribution in [0.1, 0.15) is 60.9 Å². The number of halogens is 1. The van der Waals surface area contributed by atoms with E-state index in [9.17, 15) is 19.8 Å². The Labute approximate surface area is 204 Å².